The summed E-state index contributed by atoms with van der Waals surface area (Å²) in [7, 11) is 0. The predicted molar refractivity (Wildman–Crippen MR) is 41.2 cm³/mol. The molecule has 1 atom stereocenters. The molecule has 0 saturated heterocycles. The van der Waals surface area contributed by atoms with Crippen molar-refractivity contribution in [3.63, 3.8) is 0 Å². The molecule has 0 aliphatic carbocycles. The molecule has 0 fully saturated rings. The van der Waals surface area contributed by atoms with Gasteiger partial charge in [-0.15, -0.1) is 0 Å². The van der Waals surface area contributed by atoms with Crippen molar-refractivity contribution in [1.29, 1.82) is 0 Å². The molecule has 1 unspecified atom stereocenters. The molecule has 70 valence electrons. The van der Waals surface area contributed by atoms with Crippen molar-refractivity contribution in [2.24, 2.45) is 5.73 Å². The van der Waals surface area contributed by atoms with Crippen LogP contribution >= 0.6 is 0 Å². The summed E-state index contributed by atoms with van der Waals surface area (Å²) >= 11 is 0. The Balaban J connectivity index is -0.000000320. The summed E-state index contributed by atoms with van der Waals surface area (Å²) in [5.74, 6) is -0.927. The molecular weight excluding hydrogens is 189 g/mol. The summed E-state index contributed by atoms with van der Waals surface area (Å²) in [6.45, 7) is 3.57. The molecule has 11 heavy (non-hydrogen) atoms. The van der Waals surface area contributed by atoms with Gasteiger partial charge in [-0.25, -0.2) is 0 Å². The van der Waals surface area contributed by atoms with Crippen LogP contribution in [0.1, 0.15) is 19.3 Å². The van der Waals surface area contributed by atoms with E-state index in [1.807, 2.05) is 0 Å². The van der Waals surface area contributed by atoms with Crippen LogP contribution in [0.5, 0.6) is 0 Å². The zero-order valence-electron chi connectivity index (χ0n) is 6.65. The number of carboxylic acid groups (broad SMARTS) is 1. The fraction of sp³-hybridized carbons (Fsp3) is 0.571. The third-order valence-electron chi connectivity index (χ3n) is 1.08. The van der Waals surface area contributed by atoms with Gasteiger partial charge in [0, 0.05) is 0 Å². The number of hydrogen-bond acceptors (Lipinski definition) is 2. The molecule has 4 heteroatoms. The van der Waals surface area contributed by atoms with Crippen molar-refractivity contribution < 1.29 is 26.4 Å². The molecule has 0 aromatic heterocycles. The number of hydrogen-bond donors (Lipinski definition) is 2. The van der Waals surface area contributed by atoms with Gasteiger partial charge in [0.15, 0.2) is 0 Å². The van der Waals surface area contributed by atoms with E-state index in [1.54, 1.807) is 0 Å². The van der Waals surface area contributed by atoms with Crippen molar-refractivity contribution in [2.45, 2.75) is 25.3 Å². The van der Waals surface area contributed by atoms with Crippen molar-refractivity contribution in [3.8, 4) is 0 Å². The first-order valence-corrected chi connectivity index (χ1v) is 2.96. The van der Waals surface area contributed by atoms with E-state index in [0.29, 0.717) is 6.42 Å². The molecule has 0 aliphatic rings. The molecule has 0 spiro atoms. The maximum Gasteiger partial charge on any atom is 2.00 e. The van der Waals surface area contributed by atoms with Crippen LogP contribution in [0.25, 0.3) is 0 Å². The molecule has 3 nitrogen and oxygen atoms in total. The summed E-state index contributed by atoms with van der Waals surface area (Å²) in [6.07, 6.45) is 2.06. The number of nitrogens with two attached hydrogens (primary N) is 1. The van der Waals surface area contributed by atoms with Gasteiger partial charge in [-0.2, -0.15) is 6.42 Å². The Morgan fingerprint density at radius 3 is 2.36 bits per heavy atom. The molecule has 0 aliphatic heterocycles. The van der Waals surface area contributed by atoms with Gasteiger partial charge in [0.25, 0.3) is 0 Å². The van der Waals surface area contributed by atoms with Crippen molar-refractivity contribution in [3.05, 3.63) is 14.4 Å². The molecule has 0 rings (SSSR count). The predicted octanol–water partition coefficient (Wildman–Crippen LogP) is 0.850. The van der Waals surface area contributed by atoms with Gasteiger partial charge in [-0.1, -0.05) is 6.42 Å². The second kappa shape index (κ2) is 9.92. The minimum absolute atomic E-state index is 0. The Hall–Kier alpha value is -0.0765. The molecule has 0 bridgehead atoms. The molecule has 0 radical (unpaired) electrons. The van der Waals surface area contributed by atoms with E-state index in [2.05, 4.69) is 6.92 Å². The largest absolute Gasteiger partial charge is 2.00 e. The Bertz CT molecular complexity index is 98.4. The number of unbranched alkanes of at least 4 members (excludes halogenated alkanes) is 1. The molecule has 0 amide bonds. The van der Waals surface area contributed by atoms with Gasteiger partial charge in [0.05, 0.1) is 0 Å². The minimum atomic E-state index is -0.927. The molecule has 3 N–H and O–H groups in total. The van der Waals surface area contributed by atoms with E-state index in [1.165, 1.54) is 0 Å². The fourth-order valence-corrected chi connectivity index (χ4v) is 0.488. The van der Waals surface area contributed by atoms with Gasteiger partial charge >= 0.3 is 22.5 Å². The van der Waals surface area contributed by atoms with Crippen LogP contribution in [-0.4, -0.2) is 17.1 Å². The summed E-state index contributed by atoms with van der Waals surface area (Å²) in [5.41, 5.74) is 5.18. The van der Waals surface area contributed by atoms with E-state index in [-0.39, 0.29) is 23.9 Å². The first kappa shape index (κ1) is 17.1. The van der Waals surface area contributed by atoms with Gasteiger partial charge in [0.2, 0.25) is 0 Å². The molecular formula is C7H15NNiO2. The zero-order chi connectivity index (χ0) is 7.28. The van der Waals surface area contributed by atoms with Crippen LogP contribution in [0.15, 0.2) is 0 Å². The van der Waals surface area contributed by atoms with E-state index >= 15 is 0 Å². The second-order valence-corrected chi connectivity index (χ2v) is 1.94. The van der Waals surface area contributed by atoms with Crippen LogP contribution in [0.4, 0.5) is 0 Å². The third-order valence-corrected chi connectivity index (χ3v) is 1.08. The first-order chi connectivity index (χ1) is 4.18. The molecule has 0 aromatic carbocycles. The Labute approximate surface area is 78.3 Å². The standard InChI is InChI=1S/C6H12NO2.CH3.Ni/c1-2-3-4-5(7)6(8)9;;/h5H,1-4,7H2,(H,8,9);1H3;/q2*-1;+2. The quantitative estimate of drug-likeness (QED) is 0.526. The van der Waals surface area contributed by atoms with Crippen LogP contribution in [0.3, 0.4) is 0 Å². The monoisotopic (exact) mass is 203 g/mol. The summed E-state index contributed by atoms with van der Waals surface area (Å²) in [5, 5.41) is 8.26. The normalized spacial score (nSPS) is 10.7. The van der Waals surface area contributed by atoms with Gasteiger partial charge in [-0.05, 0) is 6.42 Å². The Morgan fingerprint density at radius 1 is 1.64 bits per heavy atom. The molecule has 0 heterocycles. The zero-order valence-corrected chi connectivity index (χ0v) is 7.64. The maximum atomic E-state index is 10.1. The smallest absolute Gasteiger partial charge is 0.480 e. The van der Waals surface area contributed by atoms with Crippen molar-refractivity contribution >= 4 is 5.97 Å². The topological polar surface area (TPSA) is 63.3 Å². The van der Waals surface area contributed by atoms with Crippen molar-refractivity contribution in [2.75, 3.05) is 0 Å². The third kappa shape index (κ3) is 9.92. The van der Waals surface area contributed by atoms with Crippen LogP contribution < -0.4 is 5.73 Å². The fourth-order valence-electron chi connectivity index (χ4n) is 0.488. The summed E-state index contributed by atoms with van der Waals surface area (Å²) < 4.78 is 0. The SMILES string of the molecule is [CH2-]CCCC(N)C(=O)O.[CH3-].[Ni+2]. The molecule has 0 aromatic rings. The van der Waals surface area contributed by atoms with Gasteiger partial charge in [0.1, 0.15) is 6.04 Å². The van der Waals surface area contributed by atoms with E-state index in [9.17, 15) is 4.79 Å². The number of carbonyl (C=O) groups is 1. The summed E-state index contributed by atoms with van der Waals surface area (Å²) in [4.78, 5) is 10.1. The first-order valence-electron chi connectivity index (χ1n) is 2.96. The van der Waals surface area contributed by atoms with Gasteiger partial charge in [-0.3, -0.25) is 4.79 Å². The number of rotatable bonds is 4. The minimum Gasteiger partial charge on any atom is -0.480 e. The van der Waals surface area contributed by atoms with Crippen molar-refractivity contribution in [1.82, 2.24) is 0 Å². The van der Waals surface area contributed by atoms with E-state index in [4.69, 9.17) is 10.8 Å². The van der Waals surface area contributed by atoms with Crippen LogP contribution in [-0.2, 0) is 21.3 Å². The summed E-state index contributed by atoms with van der Waals surface area (Å²) in [6, 6.07) is -0.702. The molecule has 0 saturated carbocycles. The maximum absolute atomic E-state index is 10.1. The van der Waals surface area contributed by atoms with E-state index in [0.717, 1.165) is 12.8 Å². The number of carboxylic acids is 1. The van der Waals surface area contributed by atoms with Crippen LogP contribution in [0, 0.1) is 14.4 Å². The van der Waals surface area contributed by atoms with E-state index < -0.39 is 12.0 Å². The average Bonchev–Trinajstić information content (AvgIpc) is 1.82. The second-order valence-electron chi connectivity index (χ2n) is 1.94. The number of aliphatic carboxylic acids is 1. The van der Waals surface area contributed by atoms with Gasteiger partial charge < -0.3 is 25.2 Å². The average molecular weight is 204 g/mol. The van der Waals surface area contributed by atoms with Crippen LogP contribution in [0.2, 0.25) is 0 Å². The Kier molecular flexibility index (Phi) is 15.5. The Morgan fingerprint density at radius 2 is 2.09 bits per heavy atom.